The molecule has 0 aliphatic rings. The predicted molar refractivity (Wildman–Crippen MR) is 120 cm³/mol. The molecular weight excluding hydrogens is 410 g/mol. The molecule has 0 bridgehead atoms. The molecule has 0 spiro atoms. The van der Waals surface area contributed by atoms with Crippen LogP contribution in [0.5, 0.6) is 0 Å². The van der Waals surface area contributed by atoms with Gasteiger partial charge in [-0.3, -0.25) is 0 Å². The third-order valence-electron chi connectivity index (χ3n) is 4.84. The third kappa shape index (κ3) is 4.34. The number of benzene rings is 1. The summed E-state index contributed by atoms with van der Waals surface area (Å²) in [5.74, 6) is 0.968. The first-order valence-electron chi connectivity index (χ1n) is 9.73. The van der Waals surface area contributed by atoms with Gasteiger partial charge in [-0.15, -0.1) is 11.3 Å². The van der Waals surface area contributed by atoms with Gasteiger partial charge in [0.2, 0.25) is 0 Å². The van der Waals surface area contributed by atoms with Gasteiger partial charge in [0, 0.05) is 18.5 Å². The number of rotatable bonds is 7. The maximum absolute atomic E-state index is 11.1. The summed E-state index contributed by atoms with van der Waals surface area (Å²) in [5.41, 5.74) is 2.95. The van der Waals surface area contributed by atoms with Gasteiger partial charge in [-0.1, -0.05) is 25.1 Å². The Kier molecular flexibility index (Phi) is 5.83. The smallest absolute Gasteiger partial charge is 0.335 e. The van der Waals surface area contributed by atoms with Crippen molar-refractivity contribution in [3.8, 4) is 28.0 Å². The summed E-state index contributed by atoms with van der Waals surface area (Å²) in [6, 6.07) is 18.5. The molecule has 4 aromatic rings. The summed E-state index contributed by atoms with van der Waals surface area (Å²) in [7, 11) is 0. The van der Waals surface area contributed by atoms with E-state index >= 15 is 0 Å². The Morgan fingerprint density at radius 3 is 2.65 bits per heavy atom. The molecule has 4 rings (SSSR count). The van der Waals surface area contributed by atoms with Crippen LogP contribution in [0.25, 0.3) is 21.9 Å². The molecule has 0 fully saturated rings. The lowest BCUT2D eigenvalue weighted by Crippen LogP contribution is -2.06. The van der Waals surface area contributed by atoms with Crippen molar-refractivity contribution in [3.63, 3.8) is 0 Å². The fourth-order valence-electron chi connectivity index (χ4n) is 3.19. The van der Waals surface area contributed by atoms with Gasteiger partial charge in [0.25, 0.3) is 0 Å². The number of thiophene rings is 1. The van der Waals surface area contributed by atoms with Gasteiger partial charge in [-0.25, -0.2) is 9.78 Å². The molecule has 0 aliphatic heterocycles. The second-order valence-electron chi connectivity index (χ2n) is 6.84. The van der Waals surface area contributed by atoms with E-state index in [4.69, 9.17) is 14.5 Å². The fourth-order valence-corrected chi connectivity index (χ4v) is 3.88. The van der Waals surface area contributed by atoms with Crippen molar-refractivity contribution >= 4 is 23.1 Å². The van der Waals surface area contributed by atoms with Crippen molar-refractivity contribution in [2.45, 2.75) is 19.9 Å². The average Bonchev–Trinajstić information content (AvgIpc) is 3.49. The van der Waals surface area contributed by atoms with Crippen LogP contribution in [0.15, 0.2) is 64.4 Å². The number of nitrogens with zero attached hydrogens (tertiary/aromatic N) is 2. The van der Waals surface area contributed by atoms with Gasteiger partial charge in [-0.05, 0) is 47.3 Å². The summed E-state index contributed by atoms with van der Waals surface area (Å²) >= 11 is 1.57. The number of aromatic carboxylic acids is 1. The summed E-state index contributed by atoms with van der Waals surface area (Å²) in [4.78, 5) is 16.7. The molecule has 3 heterocycles. The number of anilines is 1. The highest BCUT2D eigenvalue weighted by Gasteiger charge is 2.18. The zero-order chi connectivity index (χ0) is 21.8. The lowest BCUT2D eigenvalue weighted by Gasteiger charge is -2.12. The van der Waals surface area contributed by atoms with Crippen LogP contribution in [0.2, 0.25) is 0 Å². The summed E-state index contributed by atoms with van der Waals surface area (Å²) in [5, 5.41) is 24.2. The molecule has 0 radical (unpaired) electrons. The molecule has 3 aromatic heterocycles. The molecule has 0 unspecified atom stereocenters. The Bertz CT molecular complexity index is 1250. The zero-order valence-corrected chi connectivity index (χ0v) is 17.6. The monoisotopic (exact) mass is 429 g/mol. The number of pyridine rings is 1. The number of hydrogen-bond donors (Lipinski definition) is 2. The van der Waals surface area contributed by atoms with Gasteiger partial charge >= 0.3 is 5.97 Å². The molecule has 0 saturated carbocycles. The Morgan fingerprint density at radius 1 is 1.23 bits per heavy atom. The molecular formula is C24H19N3O3S. The number of hydrogen-bond acceptors (Lipinski definition) is 6. The number of aryl methyl sites for hydroxylation is 1. The van der Waals surface area contributed by atoms with Crippen molar-refractivity contribution in [3.05, 3.63) is 82.4 Å². The van der Waals surface area contributed by atoms with Gasteiger partial charge in [-0.2, -0.15) is 5.26 Å². The van der Waals surface area contributed by atoms with E-state index in [0.717, 1.165) is 28.3 Å². The largest absolute Gasteiger partial charge is 0.478 e. The Balaban J connectivity index is 1.73. The first-order chi connectivity index (χ1) is 15.1. The molecule has 0 aliphatic carbocycles. The average molecular weight is 430 g/mol. The number of furan rings is 1. The fraction of sp³-hybridized carbons (Fsp3) is 0.125. The first-order valence-corrected chi connectivity index (χ1v) is 10.6. The first kappa shape index (κ1) is 20.4. The molecule has 31 heavy (non-hydrogen) atoms. The third-order valence-corrected chi connectivity index (χ3v) is 5.73. The minimum Gasteiger partial charge on any atom is -0.478 e. The number of carbonyl (C=O) groups is 1. The second-order valence-corrected chi connectivity index (χ2v) is 7.79. The number of carboxylic acids is 1. The zero-order valence-electron chi connectivity index (χ0n) is 16.8. The molecule has 0 amide bonds. The standard InChI is InChI=1S/C24H19N3O3S/c1-2-17-9-10-21(30-17)18-12-20(22-4-3-11-31-22)27-23(19(18)13-25)26-14-15-5-7-16(8-6-15)24(28)29/h3-12H,2,14H2,1H3,(H,26,27)(H,28,29). The lowest BCUT2D eigenvalue weighted by atomic mass is 10.1. The topological polar surface area (TPSA) is 99.1 Å². The highest BCUT2D eigenvalue weighted by Crippen LogP contribution is 2.35. The maximum Gasteiger partial charge on any atom is 0.335 e. The minimum absolute atomic E-state index is 0.228. The van der Waals surface area contributed by atoms with Crippen LogP contribution in [-0.4, -0.2) is 16.1 Å². The van der Waals surface area contributed by atoms with Crippen LogP contribution in [-0.2, 0) is 13.0 Å². The predicted octanol–water partition coefficient (Wildman–Crippen LogP) is 5.81. The Labute approximate surface area is 183 Å². The SMILES string of the molecule is CCc1ccc(-c2cc(-c3cccs3)nc(NCc3ccc(C(=O)O)cc3)c2C#N)o1. The van der Waals surface area contributed by atoms with E-state index in [2.05, 4.69) is 11.4 Å². The Hall–Kier alpha value is -3.89. The normalized spacial score (nSPS) is 10.6. The Morgan fingerprint density at radius 2 is 2.03 bits per heavy atom. The number of nitrogens with one attached hydrogen (secondary N) is 1. The summed E-state index contributed by atoms with van der Waals surface area (Å²) < 4.78 is 5.93. The van der Waals surface area contributed by atoms with E-state index < -0.39 is 5.97 Å². The molecule has 6 nitrogen and oxygen atoms in total. The van der Waals surface area contributed by atoms with E-state index in [-0.39, 0.29) is 5.56 Å². The van der Waals surface area contributed by atoms with E-state index in [1.54, 1.807) is 35.6 Å². The number of aromatic nitrogens is 1. The van der Waals surface area contributed by atoms with E-state index in [9.17, 15) is 10.1 Å². The molecule has 2 N–H and O–H groups in total. The molecule has 7 heteroatoms. The van der Waals surface area contributed by atoms with Gasteiger partial charge in [0.15, 0.2) is 0 Å². The van der Waals surface area contributed by atoms with Crippen LogP contribution < -0.4 is 5.32 Å². The molecule has 0 atom stereocenters. The van der Waals surface area contributed by atoms with Crippen LogP contribution in [0.4, 0.5) is 5.82 Å². The van der Waals surface area contributed by atoms with Crippen LogP contribution in [0, 0.1) is 11.3 Å². The van der Waals surface area contributed by atoms with Gasteiger partial charge in [0.05, 0.1) is 16.1 Å². The van der Waals surface area contributed by atoms with E-state index in [0.29, 0.717) is 29.2 Å². The van der Waals surface area contributed by atoms with Crippen molar-refractivity contribution in [1.29, 1.82) is 5.26 Å². The maximum atomic E-state index is 11.1. The minimum atomic E-state index is -0.967. The van der Waals surface area contributed by atoms with Gasteiger partial charge in [0.1, 0.15) is 29.0 Å². The summed E-state index contributed by atoms with van der Waals surface area (Å²) in [6.45, 7) is 2.41. The van der Waals surface area contributed by atoms with E-state index in [1.807, 2.05) is 42.6 Å². The number of nitriles is 1. The highest BCUT2D eigenvalue weighted by molar-refractivity contribution is 7.13. The van der Waals surface area contributed by atoms with Gasteiger partial charge < -0.3 is 14.8 Å². The molecule has 0 saturated heterocycles. The van der Waals surface area contributed by atoms with Crippen molar-refractivity contribution in [2.24, 2.45) is 0 Å². The quantitative estimate of drug-likeness (QED) is 0.384. The number of carboxylic acid groups (broad SMARTS) is 1. The van der Waals surface area contributed by atoms with Crippen molar-refractivity contribution < 1.29 is 14.3 Å². The van der Waals surface area contributed by atoms with Crippen LogP contribution in [0.3, 0.4) is 0 Å². The molecule has 154 valence electrons. The highest BCUT2D eigenvalue weighted by atomic mass is 32.1. The summed E-state index contributed by atoms with van der Waals surface area (Å²) in [6.07, 6.45) is 0.766. The van der Waals surface area contributed by atoms with Crippen LogP contribution in [0.1, 0.15) is 34.2 Å². The van der Waals surface area contributed by atoms with Crippen molar-refractivity contribution in [1.82, 2.24) is 4.98 Å². The van der Waals surface area contributed by atoms with Crippen molar-refractivity contribution in [2.75, 3.05) is 5.32 Å². The molecule has 1 aromatic carbocycles. The van der Waals surface area contributed by atoms with E-state index in [1.165, 1.54) is 0 Å². The van der Waals surface area contributed by atoms with Crippen LogP contribution >= 0.6 is 11.3 Å². The lowest BCUT2D eigenvalue weighted by molar-refractivity contribution is 0.0697. The second kappa shape index (κ2) is 8.86.